The molecule has 47 heavy (non-hydrogen) atoms. The largest absolute Gasteiger partial charge is 0.463 e. The fourth-order valence-electron chi connectivity index (χ4n) is 11.1. The van der Waals surface area contributed by atoms with Crippen LogP contribution in [0.3, 0.4) is 0 Å². The molecular weight excluding hydrogens is 648 g/mol. The Morgan fingerprint density at radius 3 is 2.38 bits per heavy atom. The van der Waals surface area contributed by atoms with Gasteiger partial charge in [-0.15, -0.1) is 0 Å². The summed E-state index contributed by atoms with van der Waals surface area (Å²) in [6.45, 7) is 13.0. The minimum atomic E-state index is -1.11. The number of hydrogen-bond donors (Lipinski definition) is 1. The topological polar surface area (TPSA) is 55.8 Å². The highest BCUT2D eigenvalue weighted by Gasteiger charge is 2.62. The first kappa shape index (κ1) is 36.9. The lowest BCUT2D eigenvalue weighted by Gasteiger charge is -2.62. The van der Waals surface area contributed by atoms with Crippen LogP contribution in [0.2, 0.25) is 0 Å². The number of halogens is 1. The standard InChI is InChI=1S/C42H65BrO4/c1-30(2)11-10-12-31(3)36-20-21-37-35-19-16-33-29-42(45,26-25-40(33,4)38(35)23-24-41(36,37)5)47-34-17-13-32(14-18-34)15-22-39(44)46-28-9-7-6-8-27-43/h13-15,17-18,22,30-31,33,35-38,45H,6-12,16,19-21,23-29H2,1-5H3/b22-15+/t31-,33-,35+,36-,37+,38+,40+,41-,42+/m1/s1. The van der Waals surface area contributed by atoms with Crippen molar-refractivity contribution in [2.24, 2.45) is 52.3 Å². The zero-order valence-electron chi connectivity index (χ0n) is 30.3. The van der Waals surface area contributed by atoms with E-state index in [-0.39, 0.29) is 5.97 Å². The molecule has 4 nitrogen and oxygen atoms in total. The van der Waals surface area contributed by atoms with E-state index in [0.29, 0.717) is 35.5 Å². The van der Waals surface area contributed by atoms with Crippen LogP contribution in [-0.4, -0.2) is 28.8 Å². The Kier molecular flexibility index (Phi) is 12.7. The number of alkyl halides is 1. The van der Waals surface area contributed by atoms with Gasteiger partial charge in [0.2, 0.25) is 5.79 Å². The Morgan fingerprint density at radius 2 is 1.64 bits per heavy atom. The average molecular weight is 714 g/mol. The number of unbranched alkanes of at least 4 members (excludes halogenated alkanes) is 3. The molecule has 264 valence electrons. The van der Waals surface area contributed by atoms with Gasteiger partial charge in [0.05, 0.1) is 6.61 Å². The molecule has 0 spiro atoms. The molecule has 0 saturated heterocycles. The Hall–Kier alpha value is -1.33. The number of esters is 1. The molecule has 0 aromatic heterocycles. The first-order chi connectivity index (χ1) is 22.5. The van der Waals surface area contributed by atoms with Crippen LogP contribution >= 0.6 is 15.9 Å². The molecule has 4 saturated carbocycles. The molecule has 0 heterocycles. The maximum Gasteiger partial charge on any atom is 0.330 e. The number of benzene rings is 1. The van der Waals surface area contributed by atoms with Crippen molar-refractivity contribution < 1.29 is 19.4 Å². The van der Waals surface area contributed by atoms with Gasteiger partial charge in [-0.05, 0) is 134 Å². The highest BCUT2D eigenvalue weighted by molar-refractivity contribution is 9.09. The molecule has 0 bridgehead atoms. The number of fused-ring (bicyclic) bond motifs is 5. The number of hydrogen-bond acceptors (Lipinski definition) is 4. The third-order valence-corrected chi connectivity index (χ3v) is 14.3. The molecule has 4 aliphatic rings. The number of aliphatic hydroxyl groups is 1. The summed E-state index contributed by atoms with van der Waals surface area (Å²) in [7, 11) is 0. The SMILES string of the molecule is CC(C)CCC[C@@H](C)[C@H]1CC[C@H]2[C@@H]3CC[C@@H]4C[C@@](O)(Oc5ccc(/C=C/C(=O)OCCCCCCBr)cc5)CC[C@]4(C)[C@H]3CC[C@]12C. The zero-order valence-corrected chi connectivity index (χ0v) is 31.9. The summed E-state index contributed by atoms with van der Waals surface area (Å²) in [6.07, 6.45) is 22.4. The number of carbonyl (C=O) groups excluding carboxylic acids is 1. The van der Waals surface area contributed by atoms with Crippen molar-refractivity contribution in [3.05, 3.63) is 35.9 Å². The van der Waals surface area contributed by atoms with E-state index < -0.39 is 5.79 Å². The van der Waals surface area contributed by atoms with E-state index in [0.717, 1.165) is 84.9 Å². The second-order valence-corrected chi connectivity index (χ2v) is 17.9. The van der Waals surface area contributed by atoms with Gasteiger partial charge in [-0.2, -0.15) is 0 Å². The lowest BCUT2D eigenvalue weighted by molar-refractivity contribution is -0.219. The van der Waals surface area contributed by atoms with Gasteiger partial charge >= 0.3 is 5.97 Å². The van der Waals surface area contributed by atoms with Gasteiger partial charge in [0.25, 0.3) is 0 Å². The van der Waals surface area contributed by atoms with Crippen LogP contribution < -0.4 is 4.74 Å². The smallest absolute Gasteiger partial charge is 0.330 e. The summed E-state index contributed by atoms with van der Waals surface area (Å²) >= 11 is 3.45. The first-order valence-corrected chi connectivity index (χ1v) is 20.5. The fraction of sp³-hybridized carbons (Fsp3) is 0.786. The molecule has 4 aliphatic carbocycles. The summed E-state index contributed by atoms with van der Waals surface area (Å²) in [5, 5.41) is 12.8. The molecule has 5 heteroatoms. The molecule has 1 N–H and O–H groups in total. The average Bonchev–Trinajstić information content (AvgIpc) is 3.40. The molecule has 1 aromatic carbocycles. The third-order valence-electron chi connectivity index (χ3n) is 13.8. The normalized spacial score (nSPS) is 35.7. The van der Waals surface area contributed by atoms with Gasteiger partial charge in [0, 0.05) is 24.2 Å². The number of carbonyl (C=O) groups is 1. The van der Waals surface area contributed by atoms with Crippen molar-refractivity contribution in [3.63, 3.8) is 0 Å². The summed E-state index contributed by atoms with van der Waals surface area (Å²) in [5.74, 6) is 4.89. The van der Waals surface area contributed by atoms with Crippen molar-refractivity contribution in [1.29, 1.82) is 0 Å². The molecule has 0 aliphatic heterocycles. The molecular formula is C42H65BrO4. The quantitative estimate of drug-likeness (QED) is 0.0646. The minimum absolute atomic E-state index is 0.303. The van der Waals surface area contributed by atoms with E-state index in [4.69, 9.17) is 9.47 Å². The van der Waals surface area contributed by atoms with Crippen molar-refractivity contribution in [2.45, 2.75) is 143 Å². The van der Waals surface area contributed by atoms with E-state index in [2.05, 4.69) is 50.5 Å². The Balaban J connectivity index is 1.13. The molecule has 0 unspecified atom stereocenters. The van der Waals surface area contributed by atoms with Crippen LogP contribution in [0.5, 0.6) is 5.75 Å². The van der Waals surface area contributed by atoms with Crippen molar-refractivity contribution in [1.82, 2.24) is 0 Å². The molecule has 0 amide bonds. The van der Waals surface area contributed by atoms with Gasteiger partial charge in [-0.25, -0.2) is 4.79 Å². The van der Waals surface area contributed by atoms with Crippen LogP contribution in [0.15, 0.2) is 30.3 Å². The van der Waals surface area contributed by atoms with E-state index in [1.54, 1.807) is 6.08 Å². The lowest BCUT2D eigenvalue weighted by Crippen LogP contribution is -2.57. The monoisotopic (exact) mass is 712 g/mol. The van der Waals surface area contributed by atoms with Gasteiger partial charge in [0.15, 0.2) is 0 Å². The maximum absolute atomic E-state index is 12.1. The highest BCUT2D eigenvalue weighted by atomic mass is 79.9. The van der Waals surface area contributed by atoms with E-state index in [9.17, 15) is 9.90 Å². The molecule has 5 rings (SSSR count). The van der Waals surface area contributed by atoms with Crippen LogP contribution in [0, 0.1) is 52.3 Å². The predicted molar refractivity (Wildman–Crippen MR) is 197 cm³/mol. The highest BCUT2D eigenvalue weighted by Crippen LogP contribution is 2.69. The van der Waals surface area contributed by atoms with Crippen LogP contribution in [0.1, 0.15) is 143 Å². The third kappa shape index (κ3) is 8.70. The van der Waals surface area contributed by atoms with Crippen molar-refractivity contribution in [3.8, 4) is 5.75 Å². The fourth-order valence-corrected chi connectivity index (χ4v) is 11.5. The molecule has 0 radical (unpaired) electrons. The Bertz CT molecular complexity index is 1180. The molecule has 1 aromatic rings. The van der Waals surface area contributed by atoms with Gasteiger partial charge < -0.3 is 14.6 Å². The molecule has 4 fully saturated rings. The number of rotatable bonds is 15. The predicted octanol–water partition coefficient (Wildman–Crippen LogP) is 11.4. The Labute approximate surface area is 295 Å². The zero-order chi connectivity index (χ0) is 33.7. The van der Waals surface area contributed by atoms with E-state index in [1.165, 1.54) is 63.9 Å². The summed E-state index contributed by atoms with van der Waals surface area (Å²) < 4.78 is 11.7. The minimum Gasteiger partial charge on any atom is -0.463 e. The van der Waals surface area contributed by atoms with Crippen molar-refractivity contribution in [2.75, 3.05) is 11.9 Å². The van der Waals surface area contributed by atoms with Gasteiger partial charge in [-0.3, -0.25) is 0 Å². The summed E-state index contributed by atoms with van der Waals surface area (Å²) in [5.41, 5.74) is 1.74. The van der Waals surface area contributed by atoms with Gasteiger partial charge in [-0.1, -0.05) is 94.8 Å². The Morgan fingerprint density at radius 1 is 0.894 bits per heavy atom. The second kappa shape index (κ2) is 16.1. The van der Waals surface area contributed by atoms with E-state index >= 15 is 0 Å². The molecule has 9 atom stereocenters. The summed E-state index contributed by atoms with van der Waals surface area (Å²) in [4.78, 5) is 12.1. The van der Waals surface area contributed by atoms with E-state index in [1.807, 2.05) is 24.3 Å². The first-order valence-electron chi connectivity index (χ1n) is 19.4. The van der Waals surface area contributed by atoms with Crippen LogP contribution in [-0.2, 0) is 9.53 Å². The lowest BCUT2D eigenvalue weighted by atomic mass is 9.44. The van der Waals surface area contributed by atoms with Crippen LogP contribution in [0.25, 0.3) is 6.08 Å². The van der Waals surface area contributed by atoms with Crippen LogP contribution in [0.4, 0.5) is 0 Å². The second-order valence-electron chi connectivity index (χ2n) is 17.1. The maximum atomic E-state index is 12.1. The summed E-state index contributed by atoms with van der Waals surface area (Å²) in [6, 6.07) is 7.72. The number of ether oxygens (including phenoxy) is 2. The van der Waals surface area contributed by atoms with Gasteiger partial charge in [0.1, 0.15) is 5.75 Å². The van der Waals surface area contributed by atoms with Crippen molar-refractivity contribution >= 4 is 28.0 Å².